The summed E-state index contributed by atoms with van der Waals surface area (Å²) >= 11 is 5.61. The Morgan fingerprint density at radius 1 is 1.33 bits per heavy atom. The van der Waals surface area contributed by atoms with E-state index in [9.17, 15) is 14.0 Å². The first-order valence-electron chi connectivity index (χ1n) is 8.90. The van der Waals surface area contributed by atoms with Gasteiger partial charge in [-0.2, -0.15) is 5.48 Å². The fraction of sp³-hybridized carbons (Fsp3) is 0.556. The van der Waals surface area contributed by atoms with Gasteiger partial charge < -0.3 is 15.4 Å². The smallest absolute Gasteiger partial charge is 0.258 e. The summed E-state index contributed by atoms with van der Waals surface area (Å²) in [5.74, 6) is -0.686. The predicted octanol–water partition coefficient (Wildman–Crippen LogP) is 1.45. The van der Waals surface area contributed by atoms with Gasteiger partial charge in [-0.1, -0.05) is 11.6 Å². The van der Waals surface area contributed by atoms with Gasteiger partial charge in [-0.05, 0) is 38.3 Å². The van der Waals surface area contributed by atoms with Crippen molar-refractivity contribution in [2.75, 3.05) is 6.61 Å². The first-order valence-corrected chi connectivity index (χ1v) is 9.28. The van der Waals surface area contributed by atoms with Crippen LogP contribution in [0.5, 0.6) is 5.75 Å². The van der Waals surface area contributed by atoms with Crippen molar-refractivity contribution in [3.8, 4) is 5.75 Å². The molecule has 9 heteroatoms. The summed E-state index contributed by atoms with van der Waals surface area (Å²) in [6, 6.07) is 3.70. The summed E-state index contributed by atoms with van der Waals surface area (Å²) < 4.78 is 18.7. The number of benzene rings is 1. The van der Waals surface area contributed by atoms with Gasteiger partial charge in [0.15, 0.2) is 6.61 Å². The lowest BCUT2D eigenvalue weighted by Gasteiger charge is -2.70. The zero-order chi connectivity index (χ0) is 19.2. The predicted molar refractivity (Wildman–Crippen MR) is 94.6 cm³/mol. The van der Waals surface area contributed by atoms with E-state index < -0.39 is 5.82 Å². The molecule has 2 amide bonds. The summed E-state index contributed by atoms with van der Waals surface area (Å²) in [5, 5.41) is 6.03. The Hall–Kier alpha value is -1.90. The SMILES string of the molecule is CC1CC(C(=O)NC23CC(NC(=O)COc4ccc(Cl)c(F)c4)(C2)C3)NO1. The molecule has 1 aromatic rings. The van der Waals surface area contributed by atoms with E-state index in [2.05, 4.69) is 16.1 Å². The third kappa shape index (κ3) is 3.61. The maximum Gasteiger partial charge on any atom is 0.258 e. The largest absolute Gasteiger partial charge is 0.484 e. The Morgan fingerprint density at radius 2 is 2.04 bits per heavy atom. The highest BCUT2D eigenvalue weighted by Crippen LogP contribution is 2.60. The average Bonchev–Trinajstić information content (AvgIpc) is 2.99. The van der Waals surface area contributed by atoms with Crippen molar-refractivity contribution in [2.24, 2.45) is 0 Å². The number of amides is 2. The molecule has 2 atom stereocenters. The van der Waals surface area contributed by atoms with E-state index in [1.54, 1.807) is 0 Å². The minimum atomic E-state index is -0.594. The van der Waals surface area contributed by atoms with Crippen molar-refractivity contribution in [3.63, 3.8) is 0 Å². The van der Waals surface area contributed by atoms with E-state index in [0.29, 0.717) is 25.7 Å². The van der Waals surface area contributed by atoms with E-state index in [1.165, 1.54) is 12.1 Å². The molecule has 27 heavy (non-hydrogen) atoms. The molecule has 3 N–H and O–H groups in total. The van der Waals surface area contributed by atoms with Gasteiger partial charge in [-0.25, -0.2) is 4.39 Å². The minimum Gasteiger partial charge on any atom is -0.484 e. The summed E-state index contributed by atoms with van der Waals surface area (Å²) in [6.07, 6.45) is 2.78. The molecule has 1 heterocycles. The van der Waals surface area contributed by atoms with Crippen molar-refractivity contribution >= 4 is 23.4 Å². The number of rotatable bonds is 6. The van der Waals surface area contributed by atoms with Crippen molar-refractivity contribution in [3.05, 3.63) is 29.0 Å². The van der Waals surface area contributed by atoms with Gasteiger partial charge in [0.05, 0.1) is 11.1 Å². The van der Waals surface area contributed by atoms with Gasteiger partial charge in [0, 0.05) is 23.6 Å². The van der Waals surface area contributed by atoms with Gasteiger partial charge >= 0.3 is 0 Å². The molecule has 4 fully saturated rings. The van der Waals surface area contributed by atoms with Crippen LogP contribution in [0.4, 0.5) is 4.39 Å². The number of hydrogen-bond acceptors (Lipinski definition) is 5. The summed E-state index contributed by atoms with van der Waals surface area (Å²) in [5.41, 5.74) is 2.25. The number of carbonyl (C=O) groups excluding carboxylic acids is 2. The summed E-state index contributed by atoms with van der Waals surface area (Å²) in [4.78, 5) is 29.6. The van der Waals surface area contributed by atoms with Crippen molar-refractivity contribution < 1.29 is 23.6 Å². The Bertz CT molecular complexity index is 770. The second-order valence-electron chi connectivity index (χ2n) is 7.83. The molecule has 3 aliphatic carbocycles. The fourth-order valence-corrected chi connectivity index (χ4v) is 4.35. The van der Waals surface area contributed by atoms with Gasteiger partial charge in [0.2, 0.25) is 5.91 Å². The van der Waals surface area contributed by atoms with Crippen LogP contribution < -0.4 is 20.9 Å². The topological polar surface area (TPSA) is 88.7 Å². The highest BCUT2D eigenvalue weighted by atomic mass is 35.5. The van der Waals surface area contributed by atoms with Crippen molar-refractivity contribution in [1.29, 1.82) is 0 Å². The van der Waals surface area contributed by atoms with Gasteiger partial charge in [-0.3, -0.25) is 14.4 Å². The lowest BCUT2D eigenvalue weighted by atomic mass is 9.44. The molecule has 0 aromatic heterocycles. The first kappa shape index (κ1) is 18.5. The van der Waals surface area contributed by atoms with E-state index in [1.807, 2.05) is 6.92 Å². The van der Waals surface area contributed by atoms with Crippen LogP contribution in [0.2, 0.25) is 5.02 Å². The lowest BCUT2D eigenvalue weighted by molar-refractivity contribution is -0.151. The zero-order valence-corrected chi connectivity index (χ0v) is 15.6. The molecule has 0 spiro atoms. The third-order valence-corrected chi connectivity index (χ3v) is 5.69. The molecule has 5 rings (SSSR count). The Kier molecular flexibility index (Phi) is 4.52. The van der Waals surface area contributed by atoms with Crippen LogP contribution in [0.15, 0.2) is 18.2 Å². The molecule has 1 aromatic carbocycles. The van der Waals surface area contributed by atoms with Crippen LogP contribution in [-0.2, 0) is 14.4 Å². The molecule has 7 nitrogen and oxygen atoms in total. The molecule has 3 saturated carbocycles. The van der Waals surface area contributed by atoms with E-state index in [0.717, 1.165) is 6.07 Å². The molecular formula is C18H21ClFN3O4. The number of ether oxygens (including phenoxy) is 1. The lowest BCUT2D eigenvalue weighted by Crippen LogP contribution is -2.84. The normalized spacial score (nSPS) is 33.6. The standard InChI is InChI=1S/C18H21ClFN3O4/c1-10-4-14(23-27-10)16(25)22-18-7-17(8-18,9-18)21-15(24)6-26-11-2-3-12(19)13(20)5-11/h2-3,5,10,14,23H,4,6-9H2,1H3,(H,21,24)(H,22,25). The van der Waals surface area contributed by atoms with Gasteiger partial charge in [0.1, 0.15) is 17.6 Å². The van der Waals surface area contributed by atoms with E-state index in [4.69, 9.17) is 21.2 Å². The molecular weight excluding hydrogens is 377 g/mol. The Balaban J connectivity index is 1.20. The fourth-order valence-electron chi connectivity index (χ4n) is 4.24. The number of hydroxylamine groups is 1. The zero-order valence-electron chi connectivity index (χ0n) is 14.8. The second kappa shape index (κ2) is 6.61. The van der Waals surface area contributed by atoms with Crippen LogP contribution in [-0.4, -0.2) is 41.6 Å². The molecule has 1 aliphatic heterocycles. The Labute approximate surface area is 160 Å². The van der Waals surface area contributed by atoms with E-state index >= 15 is 0 Å². The Morgan fingerprint density at radius 3 is 2.67 bits per heavy atom. The van der Waals surface area contributed by atoms with Crippen molar-refractivity contribution in [1.82, 2.24) is 16.1 Å². The van der Waals surface area contributed by atoms with Crippen LogP contribution in [0, 0.1) is 5.82 Å². The first-order chi connectivity index (χ1) is 12.8. The van der Waals surface area contributed by atoms with Crippen LogP contribution in [0.25, 0.3) is 0 Å². The number of nitrogens with one attached hydrogen (secondary N) is 3. The van der Waals surface area contributed by atoms with E-state index in [-0.39, 0.29) is 52.4 Å². The monoisotopic (exact) mass is 397 g/mol. The molecule has 146 valence electrons. The maximum absolute atomic E-state index is 13.4. The van der Waals surface area contributed by atoms with Crippen LogP contribution in [0.3, 0.4) is 0 Å². The van der Waals surface area contributed by atoms with Gasteiger partial charge in [0.25, 0.3) is 5.91 Å². The molecule has 0 radical (unpaired) electrons. The van der Waals surface area contributed by atoms with Crippen LogP contribution in [0.1, 0.15) is 32.6 Å². The summed E-state index contributed by atoms with van der Waals surface area (Å²) in [6.45, 7) is 1.70. The summed E-state index contributed by atoms with van der Waals surface area (Å²) in [7, 11) is 0. The second-order valence-corrected chi connectivity index (χ2v) is 8.23. The molecule has 2 unspecified atom stereocenters. The molecule has 1 saturated heterocycles. The number of carbonyl (C=O) groups is 2. The maximum atomic E-state index is 13.4. The minimum absolute atomic E-state index is 0.00170. The van der Waals surface area contributed by atoms with Gasteiger partial charge in [-0.15, -0.1) is 0 Å². The van der Waals surface area contributed by atoms with Crippen molar-refractivity contribution in [2.45, 2.75) is 55.8 Å². The molecule has 4 aliphatic rings. The van der Waals surface area contributed by atoms with Crippen LogP contribution >= 0.6 is 11.6 Å². The third-order valence-electron chi connectivity index (χ3n) is 5.38. The average molecular weight is 398 g/mol. The highest BCUT2D eigenvalue weighted by molar-refractivity contribution is 6.30. The molecule has 2 bridgehead atoms. The quantitative estimate of drug-likeness (QED) is 0.676. The highest BCUT2D eigenvalue weighted by Gasteiger charge is 2.69. The number of halogens is 2. The number of hydrogen-bond donors (Lipinski definition) is 3.